The lowest BCUT2D eigenvalue weighted by Gasteiger charge is -2.07. The van der Waals surface area contributed by atoms with Crippen LogP contribution in [0, 0.1) is 20.8 Å². The van der Waals surface area contributed by atoms with Gasteiger partial charge in [-0.1, -0.05) is 0 Å². The van der Waals surface area contributed by atoms with Crippen molar-refractivity contribution in [2.75, 3.05) is 6.54 Å². The fourth-order valence-corrected chi connectivity index (χ4v) is 2.58. The molecule has 2 aromatic rings. The Morgan fingerprint density at radius 3 is 2.81 bits per heavy atom. The summed E-state index contributed by atoms with van der Waals surface area (Å²) in [5, 5.41) is 9.87. The molecule has 112 valence electrons. The van der Waals surface area contributed by atoms with E-state index in [1.807, 2.05) is 26.2 Å². The Hall–Kier alpha value is -2.02. The van der Waals surface area contributed by atoms with Gasteiger partial charge in [-0.15, -0.1) is 11.3 Å². The lowest BCUT2D eigenvalue weighted by atomic mass is 10.2. The Morgan fingerprint density at radius 1 is 1.38 bits per heavy atom. The second kappa shape index (κ2) is 6.62. The molecule has 0 bridgehead atoms. The molecule has 1 amide bonds. The van der Waals surface area contributed by atoms with E-state index in [-0.39, 0.29) is 18.0 Å². The molecule has 0 atom stereocenters. The van der Waals surface area contributed by atoms with Crippen molar-refractivity contribution < 1.29 is 4.79 Å². The standard InChI is InChI=1S/C14H18N4O2S/c1-9-6-14(20)18(17-11(9)3)7-12(19)15-5-4-13-16-10(2)8-21-13/h6,8H,4-5,7H2,1-3H3,(H,15,19). The molecule has 0 aliphatic heterocycles. The number of thiazole rings is 1. The molecule has 2 aromatic heterocycles. The maximum absolute atomic E-state index is 11.8. The van der Waals surface area contributed by atoms with Crippen LogP contribution < -0.4 is 10.9 Å². The van der Waals surface area contributed by atoms with Crippen molar-refractivity contribution in [3.8, 4) is 0 Å². The maximum Gasteiger partial charge on any atom is 0.267 e. The number of nitrogens with one attached hydrogen (secondary N) is 1. The van der Waals surface area contributed by atoms with E-state index in [0.29, 0.717) is 13.0 Å². The van der Waals surface area contributed by atoms with Gasteiger partial charge in [-0.3, -0.25) is 9.59 Å². The fourth-order valence-electron chi connectivity index (χ4n) is 1.80. The second-order valence-electron chi connectivity index (χ2n) is 4.89. The highest BCUT2D eigenvalue weighted by atomic mass is 32.1. The maximum atomic E-state index is 11.8. The van der Waals surface area contributed by atoms with Gasteiger partial charge in [-0.05, 0) is 26.3 Å². The molecule has 6 nitrogen and oxygen atoms in total. The van der Waals surface area contributed by atoms with Gasteiger partial charge >= 0.3 is 0 Å². The van der Waals surface area contributed by atoms with Crippen molar-refractivity contribution in [2.45, 2.75) is 33.7 Å². The first-order valence-electron chi connectivity index (χ1n) is 6.69. The molecule has 0 saturated heterocycles. The molecule has 1 N–H and O–H groups in total. The highest BCUT2D eigenvalue weighted by Gasteiger charge is 2.07. The number of carbonyl (C=O) groups excluding carboxylic acids is 1. The SMILES string of the molecule is Cc1csc(CCNC(=O)Cn2nc(C)c(C)cc2=O)n1. The van der Waals surface area contributed by atoms with Gasteiger partial charge in [-0.25, -0.2) is 9.67 Å². The van der Waals surface area contributed by atoms with E-state index in [1.54, 1.807) is 11.3 Å². The molecule has 7 heteroatoms. The molecular weight excluding hydrogens is 288 g/mol. The van der Waals surface area contributed by atoms with Gasteiger partial charge in [0.15, 0.2) is 0 Å². The average Bonchev–Trinajstić information content (AvgIpc) is 2.82. The number of aryl methyl sites for hydroxylation is 3. The molecule has 0 fully saturated rings. The number of aromatic nitrogens is 3. The molecule has 0 unspecified atom stereocenters. The van der Waals surface area contributed by atoms with Crippen LogP contribution >= 0.6 is 11.3 Å². The van der Waals surface area contributed by atoms with Crippen LogP contribution in [0.25, 0.3) is 0 Å². The van der Waals surface area contributed by atoms with Crippen molar-refractivity contribution in [3.63, 3.8) is 0 Å². The van der Waals surface area contributed by atoms with Crippen LogP contribution in [0.4, 0.5) is 0 Å². The van der Waals surface area contributed by atoms with E-state index >= 15 is 0 Å². The zero-order chi connectivity index (χ0) is 15.4. The topological polar surface area (TPSA) is 76.9 Å². The first-order valence-corrected chi connectivity index (χ1v) is 7.57. The highest BCUT2D eigenvalue weighted by Crippen LogP contribution is 2.08. The van der Waals surface area contributed by atoms with E-state index in [2.05, 4.69) is 15.4 Å². The number of nitrogens with zero attached hydrogens (tertiary/aromatic N) is 3. The van der Waals surface area contributed by atoms with E-state index in [9.17, 15) is 9.59 Å². The predicted molar refractivity (Wildman–Crippen MR) is 81.5 cm³/mol. The smallest absolute Gasteiger partial charge is 0.267 e. The fraction of sp³-hybridized carbons (Fsp3) is 0.429. The van der Waals surface area contributed by atoms with Gasteiger partial charge in [0.1, 0.15) is 6.54 Å². The van der Waals surface area contributed by atoms with Crippen LogP contribution in [-0.2, 0) is 17.8 Å². The summed E-state index contributed by atoms with van der Waals surface area (Å²) >= 11 is 1.58. The Kier molecular flexibility index (Phi) is 4.85. The Bertz CT molecular complexity index is 705. The summed E-state index contributed by atoms with van der Waals surface area (Å²) in [5.41, 5.74) is 2.31. The van der Waals surface area contributed by atoms with Crippen LogP contribution in [0.3, 0.4) is 0 Å². The molecule has 0 radical (unpaired) electrons. The molecule has 0 saturated carbocycles. The quantitative estimate of drug-likeness (QED) is 0.893. The molecular formula is C14H18N4O2S. The monoisotopic (exact) mass is 306 g/mol. The van der Waals surface area contributed by atoms with Crippen LogP contribution in [0.1, 0.15) is 22.0 Å². The van der Waals surface area contributed by atoms with E-state index in [4.69, 9.17) is 0 Å². The Labute approximate surface area is 126 Å². The second-order valence-corrected chi connectivity index (χ2v) is 5.83. The molecule has 0 aliphatic carbocycles. The minimum atomic E-state index is -0.260. The average molecular weight is 306 g/mol. The molecule has 0 spiro atoms. The first-order chi connectivity index (χ1) is 9.95. The van der Waals surface area contributed by atoms with Gasteiger partial charge in [0.05, 0.1) is 10.7 Å². The Morgan fingerprint density at radius 2 is 2.14 bits per heavy atom. The van der Waals surface area contributed by atoms with E-state index < -0.39 is 0 Å². The summed E-state index contributed by atoms with van der Waals surface area (Å²) in [4.78, 5) is 27.9. The van der Waals surface area contributed by atoms with Crippen molar-refractivity contribution in [2.24, 2.45) is 0 Å². The van der Waals surface area contributed by atoms with Crippen LogP contribution in [0.15, 0.2) is 16.2 Å². The zero-order valence-electron chi connectivity index (χ0n) is 12.3. The Balaban J connectivity index is 1.87. The van der Waals surface area contributed by atoms with E-state index in [0.717, 1.165) is 22.0 Å². The predicted octanol–water partition coefficient (Wildman–Crippen LogP) is 0.984. The zero-order valence-corrected chi connectivity index (χ0v) is 13.2. The van der Waals surface area contributed by atoms with Gasteiger partial charge in [-0.2, -0.15) is 5.10 Å². The molecule has 21 heavy (non-hydrogen) atoms. The molecule has 2 rings (SSSR count). The van der Waals surface area contributed by atoms with Crippen molar-refractivity contribution >= 4 is 17.2 Å². The van der Waals surface area contributed by atoms with Crippen molar-refractivity contribution in [1.29, 1.82) is 0 Å². The van der Waals surface area contributed by atoms with Crippen molar-refractivity contribution in [3.05, 3.63) is 43.8 Å². The van der Waals surface area contributed by atoms with Crippen molar-refractivity contribution in [1.82, 2.24) is 20.1 Å². The summed E-state index contributed by atoms with van der Waals surface area (Å²) in [6.07, 6.45) is 0.694. The van der Waals surface area contributed by atoms with Gasteiger partial charge in [0.2, 0.25) is 5.91 Å². The minimum Gasteiger partial charge on any atom is -0.354 e. The first kappa shape index (κ1) is 15.4. The van der Waals surface area contributed by atoms with Gasteiger partial charge < -0.3 is 5.32 Å². The van der Waals surface area contributed by atoms with Crippen LogP contribution in [0.2, 0.25) is 0 Å². The van der Waals surface area contributed by atoms with Gasteiger partial charge in [0.25, 0.3) is 5.56 Å². The van der Waals surface area contributed by atoms with Crippen LogP contribution in [0.5, 0.6) is 0 Å². The number of amides is 1. The number of rotatable bonds is 5. The number of hydrogen-bond donors (Lipinski definition) is 1. The summed E-state index contributed by atoms with van der Waals surface area (Å²) < 4.78 is 1.19. The number of hydrogen-bond acceptors (Lipinski definition) is 5. The summed E-state index contributed by atoms with van der Waals surface area (Å²) in [7, 11) is 0. The lowest BCUT2D eigenvalue weighted by Crippen LogP contribution is -2.34. The third-order valence-corrected chi connectivity index (χ3v) is 4.08. The minimum absolute atomic E-state index is 0.0587. The third-order valence-electron chi connectivity index (χ3n) is 3.06. The van der Waals surface area contributed by atoms with Gasteiger partial charge in [0, 0.05) is 30.1 Å². The largest absolute Gasteiger partial charge is 0.354 e. The normalized spacial score (nSPS) is 10.6. The third kappa shape index (κ3) is 4.22. The summed E-state index contributed by atoms with van der Waals surface area (Å²) in [6.45, 7) is 6.02. The summed E-state index contributed by atoms with van der Waals surface area (Å²) in [5.74, 6) is -0.221. The molecule has 0 aliphatic rings. The molecule has 0 aromatic carbocycles. The highest BCUT2D eigenvalue weighted by molar-refractivity contribution is 7.09. The summed E-state index contributed by atoms with van der Waals surface area (Å²) in [6, 6.07) is 1.49. The number of carbonyl (C=O) groups is 1. The van der Waals surface area contributed by atoms with Crippen LogP contribution in [-0.4, -0.2) is 27.2 Å². The lowest BCUT2D eigenvalue weighted by molar-refractivity contribution is -0.121. The molecule has 2 heterocycles. The van der Waals surface area contributed by atoms with E-state index in [1.165, 1.54) is 10.7 Å².